The normalized spacial score (nSPS) is 10.0. The van der Waals surface area contributed by atoms with E-state index in [1.54, 1.807) is 24.3 Å². The van der Waals surface area contributed by atoms with Crippen molar-refractivity contribution in [1.82, 2.24) is 4.98 Å². The lowest BCUT2D eigenvalue weighted by Gasteiger charge is -2.05. The highest BCUT2D eigenvalue weighted by molar-refractivity contribution is 9.11. The van der Waals surface area contributed by atoms with E-state index in [2.05, 4.69) is 42.2 Å². The predicted octanol–water partition coefficient (Wildman–Crippen LogP) is 3.86. The maximum Gasteiger partial charge on any atom is 0.255 e. The molecule has 0 aliphatic carbocycles. The van der Waals surface area contributed by atoms with Gasteiger partial charge in [0.05, 0.1) is 0 Å². The Morgan fingerprint density at radius 3 is 2.24 bits per heavy atom. The maximum absolute atomic E-state index is 11.9. The molecule has 5 heteroatoms. The number of nitrogens with zero attached hydrogens (tertiary/aromatic N) is 1. The molecule has 0 aliphatic heterocycles. The molecule has 1 N–H and O–H groups in total. The zero-order valence-corrected chi connectivity index (χ0v) is 11.8. The molecule has 3 nitrogen and oxygen atoms in total. The van der Waals surface area contributed by atoms with Gasteiger partial charge < -0.3 is 5.32 Å². The molecule has 0 saturated heterocycles. The van der Waals surface area contributed by atoms with Crippen LogP contribution in [0.1, 0.15) is 10.4 Å². The van der Waals surface area contributed by atoms with Crippen LogP contribution in [-0.2, 0) is 0 Å². The van der Waals surface area contributed by atoms with Crippen molar-refractivity contribution in [2.75, 3.05) is 5.32 Å². The molecule has 1 heterocycles. The Kier molecular flexibility index (Phi) is 3.91. The number of hydrogen-bond donors (Lipinski definition) is 1. The van der Waals surface area contributed by atoms with E-state index in [0.717, 1.165) is 0 Å². The van der Waals surface area contributed by atoms with Crippen LogP contribution in [0.25, 0.3) is 0 Å². The van der Waals surface area contributed by atoms with Gasteiger partial charge in [0.1, 0.15) is 9.21 Å². The SMILES string of the molecule is O=C(Nc1cc(Br)nc(Br)c1)c1ccccc1. The van der Waals surface area contributed by atoms with E-state index in [1.165, 1.54) is 0 Å². The summed E-state index contributed by atoms with van der Waals surface area (Å²) in [5.74, 6) is -0.143. The molecule has 0 radical (unpaired) electrons. The topological polar surface area (TPSA) is 42.0 Å². The van der Waals surface area contributed by atoms with Crippen molar-refractivity contribution >= 4 is 43.5 Å². The van der Waals surface area contributed by atoms with Gasteiger partial charge in [-0.05, 0) is 56.1 Å². The Balaban J connectivity index is 2.19. The van der Waals surface area contributed by atoms with E-state index < -0.39 is 0 Å². The van der Waals surface area contributed by atoms with Gasteiger partial charge in [-0.3, -0.25) is 4.79 Å². The Morgan fingerprint density at radius 2 is 1.65 bits per heavy atom. The van der Waals surface area contributed by atoms with Crippen LogP contribution in [-0.4, -0.2) is 10.9 Å². The second-order valence-corrected chi connectivity index (χ2v) is 4.95. The number of carbonyl (C=O) groups excluding carboxylic acids is 1. The highest BCUT2D eigenvalue weighted by Gasteiger charge is 2.06. The minimum absolute atomic E-state index is 0.143. The minimum atomic E-state index is -0.143. The number of nitrogens with one attached hydrogen (secondary N) is 1. The average Bonchev–Trinajstić information content (AvgIpc) is 2.28. The maximum atomic E-state index is 11.9. The number of amides is 1. The number of aromatic nitrogens is 1. The van der Waals surface area contributed by atoms with E-state index in [9.17, 15) is 4.79 Å². The van der Waals surface area contributed by atoms with E-state index in [1.807, 2.05) is 18.2 Å². The van der Waals surface area contributed by atoms with Crippen LogP contribution in [0.5, 0.6) is 0 Å². The lowest BCUT2D eigenvalue weighted by molar-refractivity contribution is 0.102. The van der Waals surface area contributed by atoms with Crippen LogP contribution in [0.15, 0.2) is 51.7 Å². The van der Waals surface area contributed by atoms with Gasteiger partial charge in [-0.15, -0.1) is 0 Å². The van der Waals surface area contributed by atoms with Gasteiger partial charge in [0.15, 0.2) is 0 Å². The van der Waals surface area contributed by atoms with Crippen LogP contribution in [0.2, 0.25) is 0 Å². The number of pyridine rings is 1. The molecule has 0 saturated carbocycles. The molecule has 0 atom stereocenters. The van der Waals surface area contributed by atoms with E-state index in [4.69, 9.17) is 0 Å². The van der Waals surface area contributed by atoms with E-state index in [-0.39, 0.29) is 5.91 Å². The minimum Gasteiger partial charge on any atom is -0.322 e. The smallest absolute Gasteiger partial charge is 0.255 e. The molecule has 1 aromatic heterocycles. The molecule has 0 bridgehead atoms. The lowest BCUT2D eigenvalue weighted by Crippen LogP contribution is -2.11. The average molecular weight is 356 g/mol. The van der Waals surface area contributed by atoms with Gasteiger partial charge >= 0.3 is 0 Å². The zero-order valence-electron chi connectivity index (χ0n) is 8.65. The highest BCUT2D eigenvalue weighted by Crippen LogP contribution is 2.20. The number of anilines is 1. The number of carbonyl (C=O) groups is 1. The third-order valence-electron chi connectivity index (χ3n) is 2.06. The van der Waals surface area contributed by atoms with Crippen LogP contribution in [0.3, 0.4) is 0 Å². The number of halogens is 2. The first kappa shape index (κ1) is 12.3. The summed E-state index contributed by atoms with van der Waals surface area (Å²) in [6.45, 7) is 0. The number of benzene rings is 1. The van der Waals surface area contributed by atoms with Crippen molar-refractivity contribution in [2.45, 2.75) is 0 Å². The quantitative estimate of drug-likeness (QED) is 0.831. The summed E-state index contributed by atoms with van der Waals surface area (Å²) < 4.78 is 1.32. The van der Waals surface area contributed by atoms with Gasteiger partial charge in [0.25, 0.3) is 5.91 Å². The molecule has 0 aliphatic rings. The molecular weight excluding hydrogens is 348 g/mol. The van der Waals surface area contributed by atoms with Gasteiger partial charge in [-0.1, -0.05) is 18.2 Å². The molecule has 17 heavy (non-hydrogen) atoms. The molecule has 1 amide bonds. The molecule has 86 valence electrons. The standard InChI is InChI=1S/C12H8Br2N2O/c13-10-6-9(7-11(14)16-10)15-12(17)8-4-2-1-3-5-8/h1-7H,(H,15,16,17). The summed E-state index contributed by atoms with van der Waals surface area (Å²) in [5.41, 5.74) is 1.31. The lowest BCUT2D eigenvalue weighted by atomic mass is 10.2. The Hall–Kier alpha value is -1.20. The van der Waals surface area contributed by atoms with Gasteiger partial charge in [0, 0.05) is 11.3 Å². The fourth-order valence-electron chi connectivity index (χ4n) is 1.33. The van der Waals surface area contributed by atoms with Crippen LogP contribution < -0.4 is 5.32 Å². The first-order valence-corrected chi connectivity index (χ1v) is 6.43. The Bertz CT molecular complexity index is 523. The number of rotatable bonds is 2. The molecule has 0 spiro atoms. The van der Waals surface area contributed by atoms with Gasteiger partial charge in [-0.2, -0.15) is 0 Å². The van der Waals surface area contributed by atoms with Crippen molar-refractivity contribution in [2.24, 2.45) is 0 Å². The fraction of sp³-hybridized carbons (Fsp3) is 0. The summed E-state index contributed by atoms with van der Waals surface area (Å²) in [6, 6.07) is 12.5. The second kappa shape index (κ2) is 5.42. The van der Waals surface area contributed by atoms with Crippen molar-refractivity contribution in [3.8, 4) is 0 Å². The summed E-state index contributed by atoms with van der Waals surface area (Å²) in [5, 5.41) is 2.80. The van der Waals surface area contributed by atoms with Gasteiger partial charge in [-0.25, -0.2) is 4.98 Å². The molecule has 1 aromatic carbocycles. The van der Waals surface area contributed by atoms with Crippen molar-refractivity contribution in [1.29, 1.82) is 0 Å². The van der Waals surface area contributed by atoms with Crippen molar-refractivity contribution < 1.29 is 4.79 Å². The fourth-order valence-corrected chi connectivity index (χ4v) is 2.44. The predicted molar refractivity (Wildman–Crippen MR) is 74.0 cm³/mol. The largest absolute Gasteiger partial charge is 0.322 e. The van der Waals surface area contributed by atoms with E-state index >= 15 is 0 Å². The van der Waals surface area contributed by atoms with Gasteiger partial charge in [0.2, 0.25) is 0 Å². The van der Waals surface area contributed by atoms with Crippen LogP contribution in [0.4, 0.5) is 5.69 Å². The van der Waals surface area contributed by atoms with Crippen molar-refractivity contribution in [3.63, 3.8) is 0 Å². The molecular formula is C12H8Br2N2O. The van der Waals surface area contributed by atoms with E-state index in [0.29, 0.717) is 20.5 Å². The highest BCUT2D eigenvalue weighted by atomic mass is 79.9. The summed E-state index contributed by atoms with van der Waals surface area (Å²) in [7, 11) is 0. The van der Waals surface area contributed by atoms with Crippen LogP contribution in [0, 0.1) is 0 Å². The first-order chi connectivity index (χ1) is 8.15. The first-order valence-electron chi connectivity index (χ1n) is 4.84. The third kappa shape index (κ3) is 3.38. The summed E-state index contributed by atoms with van der Waals surface area (Å²) >= 11 is 6.53. The van der Waals surface area contributed by atoms with Crippen molar-refractivity contribution in [3.05, 3.63) is 57.2 Å². The molecule has 0 unspecified atom stereocenters. The summed E-state index contributed by atoms with van der Waals surface area (Å²) in [4.78, 5) is 16.0. The zero-order chi connectivity index (χ0) is 12.3. The molecule has 0 fully saturated rings. The second-order valence-electron chi connectivity index (χ2n) is 3.32. The Labute approximate surface area is 116 Å². The molecule has 2 aromatic rings. The molecule has 2 rings (SSSR count). The Morgan fingerprint density at radius 1 is 1.06 bits per heavy atom. The monoisotopic (exact) mass is 354 g/mol. The number of hydrogen-bond acceptors (Lipinski definition) is 2. The van der Waals surface area contributed by atoms with Crippen LogP contribution >= 0.6 is 31.9 Å². The third-order valence-corrected chi connectivity index (χ3v) is 2.87. The summed E-state index contributed by atoms with van der Waals surface area (Å²) in [6.07, 6.45) is 0.